The predicted octanol–water partition coefficient (Wildman–Crippen LogP) is 5.29. The first-order valence-electron chi connectivity index (χ1n) is 7.86. The summed E-state index contributed by atoms with van der Waals surface area (Å²) < 4.78 is 0. The summed E-state index contributed by atoms with van der Waals surface area (Å²) in [6.45, 7) is 8.39. The van der Waals surface area contributed by atoms with Crippen molar-refractivity contribution < 1.29 is 0 Å². The van der Waals surface area contributed by atoms with Crippen LogP contribution in [0, 0.1) is 23.2 Å². The van der Waals surface area contributed by atoms with Crippen LogP contribution in [0.4, 0.5) is 0 Å². The molecule has 106 valence electrons. The van der Waals surface area contributed by atoms with Crippen molar-refractivity contribution in [2.45, 2.75) is 33.1 Å². The van der Waals surface area contributed by atoms with E-state index in [2.05, 4.69) is 74.8 Å². The Morgan fingerprint density at radius 1 is 1.43 bits per heavy atom. The molecule has 0 N–H and O–H groups in total. The lowest BCUT2D eigenvalue weighted by molar-refractivity contribution is 0.721. The molecule has 0 aromatic heterocycles. The Morgan fingerprint density at radius 2 is 2.29 bits per heavy atom. The normalized spacial score (nSPS) is 30.1. The van der Waals surface area contributed by atoms with Crippen LogP contribution in [-0.2, 0) is 0 Å². The number of hydrogen-bond donors (Lipinski definition) is 0. The molecule has 0 amide bonds. The van der Waals surface area contributed by atoms with E-state index >= 15 is 0 Å². The molecule has 0 heterocycles. The van der Waals surface area contributed by atoms with Crippen molar-refractivity contribution in [3.63, 3.8) is 0 Å². The van der Waals surface area contributed by atoms with Gasteiger partial charge in [0.1, 0.15) is 0 Å². The highest BCUT2D eigenvalue weighted by Gasteiger charge is 2.58. The maximum Gasteiger partial charge on any atom is 0.0276 e. The van der Waals surface area contributed by atoms with Crippen LogP contribution in [0.15, 0.2) is 71.4 Å². The van der Waals surface area contributed by atoms with Gasteiger partial charge in [-0.15, -0.1) is 6.58 Å². The van der Waals surface area contributed by atoms with Crippen molar-refractivity contribution in [3.05, 3.63) is 71.4 Å². The topological polar surface area (TPSA) is 0 Å². The third-order valence-electron chi connectivity index (χ3n) is 4.67. The molecule has 3 aliphatic rings. The average Bonchev–Trinajstić information content (AvgIpc) is 3.26. The van der Waals surface area contributed by atoms with E-state index in [0.29, 0.717) is 5.92 Å². The summed E-state index contributed by atoms with van der Waals surface area (Å²) in [7, 11) is 0. The van der Waals surface area contributed by atoms with E-state index in [9.17, 15) is 0 Å². The molecule has 0 radical (unpaired) electrons. The van der Waals surface area contributed by atoms with Gasteiger partial charge in [0, 0.05) is 23.3 Å². The van der Waals surface area contributed by atoms with Crippen LogP contribution in [0.1, 0.15) is 33.1 Å². The van der Waals surface area contributed by atoms with Crippen LogP contribution in [-0.4, -0.2) is 0 Å². The van der Waals surface area contributed by atoms with Crippen molar-refractivity contribution in [3.8, 4) is 11.8 Å². The van der Waals surface area contributed by atoms with Gasteiger partial charge in [-0.25, -0.2) is 0 Å². The minimum Gasteiger partial charge on any atom is -0.102 e. The first kappa shape index (κ1) is 14.0. The molecule has 0 heteroatoms. The number of hydrogen-bond acceptors (Lipinski definition) is 0. The van der Waals surface area contributed by atoms with Crippen LogP contribution in [0.5, 0.6) is 0 Å². The molecule has 0 spiro atoms. The molecule has 2 unspecified atom stereocenters. The highest BCUT2D eigenvalue weighted by atomic mass is 14.6. The first-order chi connectivity index (χ1) is 10.3. The van der Waals surface area contributed by atoms with Crippen molar-refractivity contribution in [2.75, 3.05) is 0 Å². The summed E-state index contributed by atoms with van der Waals surface area (Å²) in [6, 6.07) is 0. The van der Waals surface area contributed by atoms with E-state index in [4.69, 9.17) is 0 Å². The molecule has 0 aromatic carbocycles. The minimum atomic E-state index is 0.117. The maximum absolute atomic E-state index is 4.13. The second-order valence-electron chi connectivity index (χ2n) is 5.87. The summed E-state index contributed by atoms with van der Waals surface area (Å²) >= 11 is 0. The van der Waals surface area contributed by atoms with Gasteiger partial charge in [-0.1, -0.05) is 61.3 Å². The smallest absolute Gasteiger partial charge is 0.0276 e. The highest BCUT2D eigenvalue weighted by molar-refractivity contribution is 5.68. The van der Waals surface area contributed by atoms with E-state index in [-0.39, 0.29) is 5.41 Å². The third-order valence-corrected chi connectivity index (χ3v) is 4.67. The van der Waals surface area contributed by atoms with Gasteiger partial charge < -0.3 is 0 Å². The molecule has 1 fully saturated rings. The summed E-state index contributed by atoms with van der Waals surface area (Å²) in [6.07, 6.45) is 18.6. The summed E-state index contributed by atoms with van der Waals surface area (Å²) in [5, 5.41) is 0. The van der Waals surface area contributed by atoms with Crippen molar-refractivity contribution >= 4 is 0 Å². The zero-order chi connectivity index (χ0) is 14.9. The van der Waals surface area contributed by atoms with Gasteiger partial charge in [0.05, 0.1) is 0 Å². The fraction of sp³-hybridized carbons (Fsp3) is 0.333. The highest BCUT2D eigenvalue weighted by Crippen LogP contribution is 2.66. The van der Waals surface area contributed by atoms with E-state index in [1.165, 1.54) is 22.3 Å². The fourth-order valence-electron chi connectivity index (χ4n) is 3.54. The largest absolute Gasteiger partial charge is 0.102 e. The third kappa shape index (κ3) is 2.09. The molecule has 1 saturated carbocycles. The van der Waals surface area contributed by atoms with Crippen molar-refractivity contribution in [2.24, 2.45) is 11.3 Å². The molecule has 21 heavy (non-hydrogen) atoms. The lowest BCUT2D eigenvalue weighted by Crippen LogP contribution is -2.14. The Bertz CT molecular complexity index is 679. The molecule has 3 rings (SSSR count). The molecule has 0 nitrogen and oxygen atoms in total. The van der Waals surface area contributed by atoms with Gasteiger partial charge in [0.25, 0.3) is 0 Å². The van der Waals surface area contributed by atoms with E-state index < -0.39 is 0 Å². The molecule has 0 bridgehead atoms. The van der Waals surface area contributed by atoms with E-state index in [1.807, 2.05) is 0 Å². The van der Waals surface area contributed by atoms with Crippen LogP contribution >= 0.6 is 0 Å². The Balaban J connectivity index is 2.25. The first-order valence-corrected chi connectivity index (χ1v) is 7.86. The molecular formula is C21H22. The quantitative estimate of drug-likeness (QED) is 0.482. The monoisotopic (exact) mass is 274 g/mol. The molecule has 0 saturated heterocycles. The number of fused-ring (bicyclic) bond motifs is 2. The Kier molecular flexibility index (Phi) is 3.60. The Hall–Kier alpha value is -2.00. The fourth-order valence-corrected chi connectivity index (χ4v) is 3.54. The lowest BCUT2D eigenvalue weighted by atomic mass is 9.77. The summed E-state index contributed by atoms with van der Waals surface area (Å²) in [5.41, 5.74) is 5.53. The summed E-state index contributed by atoms with van der Waals surface area (Å²) in [5.74, 6) is 7.24. The van der Waals surface area contributed by atoms with Crippen LogP contribution in [0.2, 0.25) is 0 Å². The van der Waals surface area contributed by atoms with Gasteiger partial charge in [0.15, 0.2) is 0 Å². The predicted molar refractivity (Wildman–Crippen MR) is 90.6 cm³/mol. The SMILES string of the molecule is C=CC12CC1C1=C(C=CCC#C1)C(C=CCC)=C2C=CC. The second kappa shape index (κ2) is 5.41. The van der Waals surface area contributed by atoms with Crippen molar-refractivity contribution in [1.82, 2.24) is 0 Å². The van der Waals surface area contributed by atoms with Crippen molar-refractivity contribution in [1.29, 1.82) is 0 Å². The van der Waals surface area contributed by atoms with Crippen LogP contribution in [0.25, 0.3) is 0 Å². The molecule has 2 atom stereocenters. The minimum absolute atomic E-state index is 0.117. The van der Waals surface area contributed by atoms with E-state index in [0.717, 1.165) is 19.3 Å². The maximum atomic E-state index is 4.13. The molecule has 0 aliphatic heterocycles. The van der Waals surface area contributed by atoms with Gasteiger partial charge in [0.2, 0.25) is 0 Å². The lowest BCUT2D eigenvalue weighted by Gasteiger charge is -2.25. The summed E-state index contributed by atoms with van der Waals surface area (Å²) in [4.78, 5) is 0. The second-order valence-corrected chi connectivity index (χ2v) is 5.87. The zero-order valence-corrected chi connectivity index (χ0v) is 12.9. The average molecular weight is 274 g/mol. The molecule has 0 aromatic rings. The standard InChI is InChI=1S/C21H22/c1-4-7-12-17-16-13-9-8-10-14-18(16)20-15-21(20,6-3)19(17)11-5-2/h5-7,9,11-13,20H,3-4,8,15H2,1-2H3. The van der Waals surface area contributed by atoms with Gasteiger partial charge >= 0.3 is 0 Å². The Morgan fingerprint density at radius 3 is 3.00 bits per heavy atom. The van der Waals surface area contributed by atoms with Gasteiger partial charge in [-0.2, -0.15) is 0 Å². The van der Waals surface area contributed by atoms with Gasteiger partial charge in [-0.05, 0) is 36.5 Å². The molecular weight excluding hydrogens is 252 g/mol. The van der Waals surface area contributed by atoms with Crippen LogP contribution < -0.4 is 0 Å². The number of rotatable bonds is 4. The Labute approximate surface area is 128 Å². The van der Waals surface area contributed by atoms with Gasteiger partial charge in [-0.3, -0.25) is 0 Å². The zero-order valence-electron chi connectivity index (χ0n) is 12.9. The number of allylic oxidation sites excluding steroid dienone is 11. The molecule has 3 aliphatic carbocycles. The van der Waals surface area contributed by atoms with Crippen LogP contribution in [0.3, 0.4) is 0 Å². The van der Waals surface area contributed by atoms with E-state index in [1.54, 1.807) is 0 Å².